The minimum absolute atomic E-state index is 0.0859. The van der Waals surface area contributed by atoms with Crippen molar-refractivity contribution < 1.29 is 9.53 Å². The van der Waals surface area contributed by atoms with Crippen LogP contribution in [0.5, 0.6) is 0 Å². The summed E-state index contributed by atoms with van der Waals surface area (Å²) in [7, 11) is 2.19. The van der Waals surface area contributed by atoms with E-state index in [1.807, 2.05) is 11.0 Å². The van der Waals surface area contributed by atoms with Gasteiger partial charge in [0.25, 0.3) is 0 Å². The molecule has 1 aliphatic carbocycles. The van der Waals surface area contributed by atoms with Crippen molar-refractivity contribution in [2.45, 2.75) is 86.1 Å². The number of benzene rings is 1. The van der Waals surface area contributed by atoms with E-state index in [1.54, 1.807) is 0 Å². The molecule has 7 atom stereocenters. The van der Waals surface area contributed by atoms with Gasteiger partial charge in [0.1, 0.15) is 0 Å². The highest BCUT2D eigenvalue weighted by molar-refractivity contribution is 8.00. The molecule has 1 saturated carbocycles. The van der Waals surface area contributed by atoms with E-state index in [9.17, 15) is 10.1 Å². The van der Waals surface area contributed by atoms with Gasteiger partial charge >= 0.3 is 0 Å². The number of piperazine rings is 1. The zero-order chi connectivity index (χ0) is 28.6. The summed E-state index contributed by atoms with van der Waals surface area (Å²) in [6.07, 6.45) is 8.42. The van der Waals surface area contributed by atoms with E-state index in [0.717, 1.165) is 43.1 Å². The molecule has 222 valence electrons. The number of likely N-dealkylation sites (tertiary alicyclic amines) is 1. The van der Waals surface area contributed by atoms with E-state index in [0.29, 0.717) is 44.1 Å². The minimum atomic E-state index is -0.233. The molecular formula is C31H43ClN6O2S. The minimum Gasteiger partial charge on any atom is -0.348 e. The third-order valence-corrected chi connectivity index (χ3v) is 12.0. The molecule has 1 spiro atoms. The highest BCUT2D eigenvalue weighted by Crippen LogP contribution is 2.50. The van der Waals surface area contributed by atoms with Crippen LogP contribution >= 0.6 is 23.4 Å². The van der Waals surface area contributed by atoms with Crippen LogP contribution in [0.15, 0.2) is 30.9 Å². The van der Waals surface area contributed by atoms with E-state index in [2.05, 4.69) is 64.0 Å². The Morgan fingerprint density at radius 2 is 2.15 bits per heavy atom. The molecular weight excluding hydrogens is 556 g/mol. The fourth-order valence-corrected chi connectivity index (χ4v) is 9.63. The summed E-state index contributed by atoms with van der Waals surface area (Å²) in [5.41, 5.74) is 2.82. The largest absolute Gasteiger partial charge is 0.348 e. The molecule has 4 heterocycles. The molecule has 3 saturated heterocycles. The Labute approximate surface area is 253 Å². The van der Waals surface area contributed by atoms with Crippen LogP contribution in [-0.2, 0) is 21.7 Å². The lowest BCUT2D eigenvalue weighted by Gasteiger charge is -2.56. The number of carbonyl (C=O) groups is 1. The number of amides is 1. The fraction of sp³-hybridized carbons (Fsp3) is 0.677. The van der Waals surface area contributed by atoms with Crippen molar-refractivity contribution in [3.8, 4) is 6.07 Å². The van der Waals surface area contributed by atoms with Gasteiger partial charge in [-0.25, -0.2) is 0 Å². The number of thioether (sulfide) groups is 1. The summed E-state index contributed by atoms with van der Waals surface area (Å²) in [5, 5.41) is 18.1. The van der Waals surface area contributed by atoms with Crippen LogP contribution in [-0.4, -0.2) is 95.8 Å². The lowest BCUT2D eigenvalue weighted by molar-refractivity contribution is -0.135. The monoisotopic (exact) mass is 598 g/mol. The highest BCUT2D eigenvalue weighted by Gasteiger charge is 2.50. The van der Waals surface area contributed by atoms with Crippen LogP contribution in [0, 0.1) is 17.2 Å². The molecule has 8 nitrogen and oxygen atoms in total. The molecule has 5 aliphatic rings. The molecule has 2 N–H and O–H groups in total. The number of likely N-dealkylation sites (N-methyl/N-ethyl adjacent to an activating group) is 1. The Morgan fingerprint density at radius 3 is 2.93 bits per heavy atom. The maximum atomic E-state index is 12.6. The standard InChI is InChI=1S/C31H43ClN6O2S/c1-3-28(39)38-14-13-37(18-24(38)9-11-33)29-26-8-10-31(16-22-15-23(32)7-6-21(22)20-41-31)17-27(26)34-30(35-29)40-19-25-5-4-12-36(25)2/h3,6-7,15,24-27,29-30,34-35H,1,4-5,8-10,12-14,16-20H2,2H3/t24?,25?,26?,27?,29?,30?,31-/m1/s1. The van der Waals surface area contributed by atoms with Gasteiger partial charge in [-0.2, -0.15) is 5.26 Å². The van der Waals surface area contributed by atoms with Crippen molar-refractivity contribution in [1.29, 1.82) is 5.26 Å². The first-order valence-corrected chi connectivity index (χ1v) is 16.5. The molecule has 0 aromatic heterocycles. The van der Waals surface area contributed by atoms with E-state index in [4.69, 9.17) is 16.3 Å². The van der Waals surface area contributed by atoms with E-state index >= 15 is 0 Å². The summed E-state index contributed by atoms with van der Waals surface area (Å²) in [6, 6.07) is 9.33. The summed E-state index contributed by atoms with van der Waals surface area (Å²) < 4.78 is 6.76. The molecule has 10 heteroatoms. The number of rotatable bonds is 6. The van der Waals surface area contributed by atoms with Gasteiger partial charge in [-0.05, 0) is 81.5 Å². The topological polar surface area (TPSA) is 83.9 Å². The Kier molecular flexibility index (Phi) is 9.00. The van der Waals surface area contributed by atoms with Gasteiger partial charge in [0.2, 0.25) is 5.91 Å². The van der Waals surface area contributed by atoms with Crippen molar-refractivity contribution in [3.05, 3.63) is 47.0 Å². The van der Waals surface area contributed by atoms with Crippen LogP contribution in [0.3, 0.4) is 0 Å². The van der Waals surface area contributed by atoms with Gasteiger partial charge in [0.05, 0.1) is 31.3 Å². The Bertz CT molecular complexity index is 1180. The number of nitriles is 1. The lowest BCUT2D eigenvalue weighted by atomic mass is 9.72. The molecule has 1 amide bonds. The van der Waals surface area contributed by atoms with Gasteiger partial charge in [-0.15, -0.1) is 11.8 Å². The number of fused-ring (bicyclic) bond motifs is 2. The van der Waals surface area contributed by atoms with E-state index in [1.165, 1.54) is 36.5 Å². The number of nitrogens with one attached hydrogen (secondary N) is 2. The average molecular weight is 599 g/mol. The second-order valence-electron chi connectivity index (χ2n) is 12.6. The van der Waals surface area contributed by atoms with Crippen LogP contribution in [0.25, 0.3) is 0 Å². The van der Waals surface area contributed by atoms with Gasteiger partial charge in [-0.3, -0.25) is 20.3 Å². The number of halogens is 1. The first kappa shape index (κ1) is 29.4. The van der Waals surface area contributed by atoms with Crippen LogP contribution in [0.1, 0.15) is 49.7 Å². The average Bonchev–Trinajstić information content (AvgIpc) is 3.39. The molecule has 6 unspecified atom stereocenters. The van der Waals surface area contributed by atoms with Crippen molar-refractivity contribution in [2.24, 2.45) is 5.92 Å². The highest BCUT2D eigenvalue weighted by atomic mass is 35.5. The number of carbonyl (C=O) groups excluding carboxylic acids is 1. The Balaban J connectivity index is 1.21. The smallest absolute Gasteiger partial charge is 0.246 e. The second kappa shape index (κ2) is 12.5. The zero-order valence-corrected chi connectivity index (χ0v) is 25.6. The van der Waals surface area contributed by atoms with Crippen molar-refractivity contribution in [3.63, 3.8) is 0 Å². The van der Waals surface area contributed by atoms with Crippen LogP contribution in [0.2, 0.25) is 5.02 Å². The molecule has 6 rings (SSSR count). The predicted molar refractivity (Wildman–Crippen MR) is 163 cm³/mol. The molecule has 1 aromatic carbocycles. The fourth-order valence-electron chi connectivity index (χ4n) is 7.88. The quantitative estimate of drug-likeness (QED) is 0.481. The Hall–Kier alpha value is -1.64. The zero-order valence-electron chi connectivity index (χ0n) is 24.1. The maximum Gasteiger partial charge on any atom is 0.246 e. The van der Waals surface area contributed by atoms with E-state index < -0.39 is 0 Å². The molecule has 4 aliphatic heterocycles. The first-order chi connectivity index (χ1) is 19.9. The predicted octanol–water partition coefficient (Wildman–Crippen LogP) is 3.56. The van der Waals surface area contributed by atoms with Crippen molar-refractivity contribution >= 4 is 29.3 Å². The Morgan fingerprint density at radius 1 is 1.27 bits per heavy atom. The normalized spacial score (nSPS) is 36.0. The van der Waals surface area contributed by atoms with Crippen molar-refractivity contribution in [1.82, 2.24) is 25.3 Å². The number of nitrogens with zero attached hydrogens (tertiary/aromatic N) is 4. The lowest BCUT2D eigenvalue weighted by Crippen LogP contribution is -2.73. The molecule has 4 fully saturated rings. The van der Waals surface area contributed by atoms with Crippen LogP contribution in [0.4, 0.5) is 0 Å². The second-order valence-corrected chi connectivity index (χ2v) is 14.5. The molecule has 41 heavy (non-hydrogen) atoms. The number of ether oxygens (including phenoxy) is 1. The number of hydrogen-bond acceptors (Lipinski definition) is 8. The van der Waals surface area contributed by atoms with E-state index in [-0.39, 0.29) is 29.2 Å². The SMILES string of the molecule is C=CC(=O)N1CCN(C2NC(OCC3CCCN3C)NC3C[C@@]4(CCC32)Cc2cc(Cl)ccc2CS4)CC1CC#N. The summed E-state index contributed by atoms with van der Waals surface area (Å²) >= 11 is 8.53. The molecule has 0 radical (unpaired) electrons. The summed E-state index contributed by atoms with van der Waals surface area (Å²) in [6.45, 7) is 7.57. The molecule has 1 aromatic rings. The summed E-state index contributed by atoms with van der Waals surface area (Å²) in [4.78, 5) is 19.3. The van der Waals surface area contributed by atoms with Gasteiger partial charge in [0, 0.05) is 53.2 Å². The van der Waals surface area contributed by atoms with Crippen molar-refractivity contribution in [2.75, 3.05) is 39.8 Å². The van der Waals surface area contributed by atoms with Gasteiger partial charge < -0.3 is 14.5 Å². The number of hydrogen-bond donors (Lipinski definition) is 2. The van der Waals surface area contributed by atoms with Gasteiger partial charge in [-0.1, -0.05) is 24.2 Å². The maximum absolute atomic E-state index is 12.6. The van der Waals surface area contributed by atoms with Gasteiger partial charge in [0.15, 0.2) is 6.35 Å². The molecule has 0 bridgehead atoms. The third kappa shape index (κ3) is 6.21. The summed E-state index contributed by atoms with van der Waals surface area (Å²) in [5.74, 6) is 1.37. The van der Waals surface area contributed by atoms with Crippen LogP contribution < -0.4 is 10.6 Å². The third-order valence-electron chi connectivity index (χ3n) is 10.2. The first-order valence-electron chi connectivity index (χ1n) is 15.2.